The summed E-state index contributed by atoms with van der Waals surface area (Å²) in [6.45, 7) is 9.67. The molecule has 0 N–H and O–H groups in total. The Morgan fingerprint density at radius 2 is 1.93 bits per heavy atom. The van der Waals surface area contributed by atoms with Crippen molar-refractivity contribution in [3.63, 3.8) is 0 Å². The highest BCUT2D eigenvalue weighted by atomic mass is 14.7. The molecule has 15 heavy (non-hydrogen) atoms. The van der Waals surface area contributed by atoms with Crippen molar-refractivity contribution in [2.75, 3.05) is 0 Å². The van der Waals surface area contributed by atoms with Gasteiger partial charge >= 0.3 is 0 Å². The Balaban J connectivity index is 0. The number of hydrogen-bond donors (Lipinski definition) is 0. The Hall–Kier alpha value is -1.55. The van der Waals surface area contributed by atoms with E-state index >= 15 is 0 Å². The van der Waals surface area contributed by atoms with E-state index in [0.29, 0.717) is 0 Å². The third-order valence-electron chi connectivity index (χ3n) is 1.39. The maximum atomic E-state index is 4.60. The van der Waals surface area contributed by atoms with Gasteiger partial charge in [-0.1, -0.05) is 32.1 Å². The topological polar surface area (TPSA) is 12.9 Å². The van der Waals surface area contributed by atoms with Gasteiger partial charge in [-0.05, 0) is 32.4 Å². The molecule has 0 amide bonds. The summed E-state index contributed by atoms with van der Waals surface area (Å²) in [5.74, 6) is 2.25. The van der Waals surface area contributed by atoms with Crippen molar-refractivity contribution in [1.82, 2.24) is 4.98 Å². The zero-order valence-electron chi connectivity index (χ0n) is 10.4. The van der Waals surface area contributed by atoms with E-state index in [-0.39, 0.29) is 0 Å². The van der Waals surface area contributed by atoms with Crippen LogP contribution in [0.15, 0.2) is 24.4 Å². The Bertz CT molecular complexity index is 305. The van der Waals surface area contributed by atoms with Gasteiger partial charge in [0.15, 0.2) is 0 Å². The molecular formula is C14H21N. The third-order valence-corrected chi connectivity index (χ3v) is 1.39. The molecule has 0 aliphatic heterocycles. The van der Waals surface area contributed by atoms with Gasteiger partial charge in [-0.2, -0.15) is 0 Å². The van der Waals surface area contributed by atoms with Crippen LogP contribution in [-0.4, -0.2) is 4.98 Å². The van der Waals surface area contributed by atoms with Gasteiger partial charge in [0.25, 0.3) is 0 Å². The van der Waals surface area contributed by atoms with Gasteiger partial charge < -0.3 is 0 Å². The number of aromatic nitrogens is 1. The highest BCUT2D eigenvalue weighted by Crippen LogP contribution is 2.04. The molecule has 1 nitrogen and oxygen atoms in total. The van der Waals surface area contributed by atoms with Crippen LogP contribution in [0.1, 0.15) is 39.0 Å². The van der Waals surface area contributed by atoms with Crippen LogP contribution < -0.4 is 0 Å². The molecule has 0 saturated heterocycles. The molecule has 0 atom stereocenters. The van der Waals surface area contributed by atoms with E-state index in [1.54, 1.807) is 6.92 Å². The Kier molecular flexibility index (Phi) is 13.2. The van der Waals surface area contributed by atoms with Crippen LogP contribution in [-0.2, 0) is 0 Å². The average molecular weight is 203 g/mol. The van der Waals surface area contributed by atoms with Crippen LogP contribution in [0, 0.1) is 19.3 Å². The van der Waals surface area contributed by atoms with Gasteiger partial charge in [0, 0.05) is 11.9 Å². The van der Waals surface area contributed by atoms with Crippen molar-refractivity contribution in [1.29, 1.82) is 0 Å². The fourth-order valence-electron chi connectivity index (χ4n) is 0.852. The second-order valence-corrected chi connectivity index (χ2v) is 2.47. The highest BCUT2D eigenvalue weighted by Gasteiger charge is 1.89. The molecule has 0 unspecified atom stereocenters. The van der Waals surface area contributed by atoms with Gasteiger partial charge in [-0.25, -0.2) is 0 Å². The number of rotatable bonds is 1. The number of terminal acetylenes is 1. The summed E-state index contributed by atoms with van der Waals surface area (Å²) >= 11 is 0. The number of aryl methyl sites for hydroxylation is 1. The first kappa shape index (κ1) is 15.9. The lowest BCUT2D eigenvalue weighted by Crippen LogP contribution is -1.82. The molecule has 1 aromatic rings. The molecule has 0 bridgehead atoms. The smallest absolute Gasteiger partial charge is 0.0444 e. The molecule has 1 rings (SSSR count). The van der Waals surface area contributed by atoms with Crippen molar-refractivity contribution in [2.45, 2.75) is 34.6 Å². The number of pyridine rings is 1. The molecule has 0 spiro atoms. The average Bonchev–Trinajstić information content (AvgIpc) is 2.26. The SMILES string of the molecule is C#CC.C/C=C\c1cccnc1C.CC. The van der Waals surface area contributed by atoms with Crippen molar-refractivity contribution in [2.24, 2.45) is 0 Å². The lowest BCUT2D eigenvalue weighted by atomic mass is 10.2. The standard InChI is InChI=1S/C9H11N.C3H4.C2H6/c1-3-5-9-6-4-7-10-8(9)2;1-3-2;1-2/h3-7H,1-2H3;1H,2H3;1-2H3/b5-3-;;. The normalized spacial score (nSPS) is 8.00. The summed E-state index contributed by atoms with van der Waals surface area (Å²) in [4.78, 5) is 4.15. The predicted octanol–water partition coefficient (Wildman–Crippen LogP) is 4.09. The fraction of sp³-hybridized carbons (Fsp3) is 0.357. The zero-order chi connectivity index (χ0) is 12.1. The fourth-order valence-corrected chi connectivity index (χ4v) is 0.852. The first-order valence-electron chi connectivity index (χ1n) is 5.18. The van der Waals surface area contributed by atoms with E-state index in [9.17, 15) is 0 Å². The summed E-state index contributed by atoms with van der Waals surface area (Å²) in [5.41, 5.74) is 2.28. The minimum atomic E-state index is 1.08. The predicted molar refractivity (Wildman–Crippen MR) is 69.5 cm³/mol. The maximum absolute atomic E-state index is 4.60. The molecule has 1 aromatic heterocycles. The molecule has 0 aliphatic carbocycles. The number of hydrogen-bond acceptors (Lipinski definition) is 1. The number of allylic oxidation sites excluding steroid dienone is 1. The summed E-state index contributed by atoms with van der Waals surface area (Å²) in [6, 6.07) is 4.00. The van der Waals surface area contributed by atoms with E-state index in [1.807, 2.05) is 46.0 Å². The van der Waals surface area contributed by atoms with Crippen LogP contribution in [0.25, 0.3) is 6.08 Å². The summed E-state index contributed by atoms with van der Waals surface area (Å²) < 4.78 is 0. The minimum Gasteiger partial charge on any atom is -0.261 e. The van der Waals surface area contributed by atoms with Gasteiger partial charge in [-0.3, -0.25) is 4.98 Å². The first-order valence-corrected chi connectivity index (χ1v) is 5.18. The van der Waals surface area contributed by atoms with Crippen molar-refractivity contribution in [3.8, 4) is 12.3 Å². The molecule has 0 aromatic carbocycles. The monoisotopic (exact) mass is 203 g/mol. The molecule has 1 heterocycles. The molecular weight excluding hydrogens is 182 g/mol. The first-order chi connectivity index (χ1) is 7.26. The van der Waals surface area contributed by atoms with Crippen LogP contribution in [0.5, 0.6) is 0 Å². The Morgan fingerprint density at radius 1 is 1.40 bits per heavy atom. The van der Waals surface area contributed by atoms with Gasteiger partial charge in [0.1, 0.15) is 0 Å². The zero-order valence-corrected chi connectivity index (χ0v) is 10.4. The lowest BCUT2D eigenvalue weighted by molar-refractivity contribution is 1.19. The molecule has 0 fully saturated rings. The second-order valence-electron chi connectivity index (χ2n) is 2.47. The quantitative estimate of drug-likeness (QED) is 0.626. The summed E-state index contributed by atoms with van der Waals surface area (Å²) in [5, 5.41) is 0. The van der Waals surface area contributed by atoms with Crippen LogP contribution in [0.3, 0.4) is 0 Å². The third kappa shape index (κ3) is 8.77. The van der Waals surface area contributed by atoms with Crippen molar-refractivity contribution >= 4 is 6.08 Å². The molecule has 82 valence electrons. The minimum absolute atomic E-state index is 1.08. The van der Waals surface area contributed by atoms with Crippen molar-refractivity contribution < 1.29 is 0 Å². The van der Waals surface area contributed by atoms with Crippen LogP contribution >= 0.6 is 0 Å². The Labute approximate surface area is 94.3 Å². The second kappa shape index (κ2) is 12.4. The number of nitrogens with zero attached hydrogens (tertiary/aromatic N) is 1. The highest BCUT2D eigenvalue weighted by molar-refractivity contribution is 5.50. The van der Waals surface area contributed by atoms with Crippen LogP contribution in [0.2, 0.25) is 0 Å². The van der Waals surface area contributed by atoms with Crippen molar-refractivity contribution in [3.05, 3.63) is 35.7 Å². The van der Waals surface area contributed by atoms with E-state index in [0.717, 1.165) is 5.69 Å². The molecule has 0 saturated carbocycles. The molecule has 1 heteroatoms. The molecule has 0 aliphatic rings. The Morgan fingerprint density at radius 3 is 2.33 bits per heavy atom. The van der Waals surface area contributed by atoms with Gasteiger partial charge in [-0.15, -0.1) is 12.3 Å². The van der Waals surface area contributed by atoms with E-state index in [2.05, 4.69) is 29.5 Å². The van der Waals surface area contributed by atoms with Crippen LogP contribution in [0.4, 0.5) is 0 Å². The van der Waals surface area contributed by atoms with Gasteiger partial charge in [0.2, 0.25) is 0 Å². The summed E-state index contributed by atoms with van der Waals surface area (Å²) in [6.07, 6.45) is 10.5. The molecule has 0 radical (unpaired) electrons. The van der Waals surface area contributed by atoms with E-state index in [4.69, 9.17) is 0 Å². The largest absolute Gasteiger partial charge is 0.261 e. The van der Waals surface area contributed by atoms with E-state index in [1.165, 1.54) is 5.56 Å². The lowest BCUT2D eigenvalue weighted by Gasteiger charge is -1.95. The van der Waals surface area contributed by atoms with E-state index < -0.39 is 0 Å². The van der Waals surface area contributed by atoms with Gasteiger partial charge in [0.05, 0.1) is 0 Å². The maximum Gasteiger partial charge on any atom is 0.0444 e. The summed E-state index contributed by atoms with van der Waals surface area (Å²) in [7, 11) is 0.